The number of amides is 1. The Morgan fingerprint density at radius 3 is 2.84 bits per heavy atom. The van der Waals surface area contributed by atoms with Gasteiger partial charge in [0.25, 0.3) is 0 Å². The lowest BCUT2D eigenvalue weighted by atomic mass is 10.0. The van der Waals surface area contributed by atoms with Gasteiger partial charge in [-0.05, 0) is 37.6 Å². The molecule has 134 valence electrons. The number of aryl methyl sites for hydroxylation is 1. The molecule has 0 saturated carbocycles. The average Bonchev–Trinajstić information content (AvgIpc) is 3.12. The second-order valence-electron chi connectivity index (χ2n) is 5.34. The normalized spacial score (nSPS) is 10.5. The van der Waals surface area contributed by atoms with Crippen LogP contribution >= 0.6 is 11.8 Å². The molecule has 0 bridgehead atoms. The third-order valence-electron chi connectivity index (χ3n) is 3.44. The fraction of sp³-hybridized carbons (Fsp3) is 0.412. The average molecular weight is 362 g/mol. The number of nitrogens with zero attached hydrogens (tertiary/aromatic N) is 2. The molecule has 0 radical (unpaired) electrons. The van der Waals surface area contributed by atoms with Gasteiger partial charge in [-0.1, -0.05) is 0 Å². The van der Waals surface area contributed by atoms with Gasteiger partial charge in [-0.25, -0.2) is 0 Å². The van der Waals surface area contributed by atoms with Crippen LogP contribution in [0.25, 0.3) is 0 Å². The largest absolute Gasteiger partial charge is 0.494 e. The van der Waals surface area contributed by atoms with Crippen LogP contribution in [0.5, 0.6) is 5.75 Å². The van der Waals surface area contributed by atoms with E-state index in [9.17, 15) is 9.59 Å². The van der Waals surface area contributed by atoms with Gasteiger partial charge in [-0.15, -0.1) is 16.9 Å². The second-order valence-corrected chi connectivity index (χ2v) is 6.46. The Labute approximate surface area is 150 Å². The van der Waals surface area contributed by atoms with E-state index in [2.05, 4.69) is 20.7 Å². The zero-order valence-electron chi connectivity index (χ0n) is 14.4. The molecule has 0 aliphatic rings. The molecule has 0 aliphatic heterocycles. The molecule has 1 heterocycles. The van der Waals surface area contributed by atoms with Crippen molar-refractivity contribution in [2.45, 2.75) is 31.7 Å². The van der Waals surface area contributed by atoms with E-state index in [-0.39, 0.29) is 24.5 Å². The summed E-state index contributed by atoms with van der Waals surface area (Å²) >= 11 is 1.50. The molecule has 2 N–H and O–H groups in total. The lowest BCUT2D eigenvalue weighted by Crippen LogP contribution is -2.26. The molecule has 0 fully saturated rings. The number of aromatic amines is 1. The molecule has 0 spiro atoms. The number of aromatic nitrogens is 3. The van der Waals surface area contributed by atoms with Crippen molar-refractivity contribution >= 4 is 23.5 Å². The predicted molar refractivity (Wildman–Crippen MR) is 96.0 cm³/mol. The number of ether oxygens (including phenoxy) is 1. The zero-order valence-corrected chi connectivity index (χ0v) is 15.2. The molecule has 2 aromatic rings. The number of thioether (sulfide) groups is 1. The molecule has 7 nitrogen and oxygen atoms in total. The van der Waals surface area contributed by atoms with Crippen molar-refractivity contribution in [3.05, 3.63) is 35.5 Å². The molecule has 1 aromatic heterocycles. The van der Waals surface area contributed by atoms with Crippen molar-refractivity contribution in [1.29, 1.82) is 0 Å². The van der Waals surface area contributed by atoms with Gasteiger partial charge in [-0.3, -0.25) is 9.59 Å². The van der Waals surface area contributed by atoms with Gasteiger partial charge in [0.1, 0.15) is 10.8 Å². The van der Waals surface area contributed by atoms with Crippen LogP contribution in [-0.4, -0.2) is 46.0 Å². The van der Waals surface area contributed by atoms with Crippen LogP contribution in [0.2, 0.25) is 0 Å². The Balaban J connectivity index is 1.70. The minimum atomic E-state index is -0.128. The Bertz CT molecular complexity index is 704. The summed E-state index contributed by atoms with van der Waals surface area (Å²) in [6.45, 7) is 4.93. The highest BCUT2D eigenvalue weighted by Crippen LogP contribution is 2.20. The lowest BCUT2D eigenvalue weighted by Gasteiger charge is -2.09. The first-order valence-electron chi connectivity index (χ1n) is 8.12. The minimum Gasteiger partial charge on any atom is -0.494 e. The monoisotopic (exact) mass is 362 g/mol. The van der Waals surface area contributed by atoms with Crippen LogP contribution in [0.1, 0.15) is 35.7 Å². The number of carbonyl (C=O) groups is 2. The van der Waals surface area contributed by atoms with E-state index < -0.39 is 0 Å². The van der Waals surface area contributed by atoms with Gasteiger partial charge in [0, 0.05) is 30.7 Å². The molecule has 1 aromatic carbocycles. The number of benzene rings is 1. The van der Waals surface area contributed by atoms with Crippen LogP contribution in [0, 0.1) is 6.92 Å². The van der Waals surface area contributed by atoms with E-state index in [1.807, 2.05) is 13.8 Å². The first-order valence-corrected chi connectivity index (χ1v) is 9.10. The van der Waals surface area contributed by atoms with Crippen molar-refractivity contribution in [1.82, 2.24) is 20.7 Å². The number of hydrogen-bond acceptors (Lipinski definition) is 6. The smallest absolute Gasteiger partial charge is 0.220 e. The quantitative estimate of drug-likeness (QED) is 0.383. The number of hydrogen-bond donors (Lipinski definition) is 2. The first-order chi connectivity index (χ1) is 12.1. The predicted octanol–water partition coefficient (Wildman–Crippen LogP) is 2.38. The van der Waals surface area contributed by atoms with Gasteiger partial charge in [0.15, 0.2) is 5.78 Å². The molecule has 25 heavy (non-hydrogen) atoms. The molecular formula is C17H22N4O3S. The number of rotatable bonds is 10. The van der Waals surface area contributed by atoms with Crippen molar-refractivity contribution in [3.8, 4) is 5.75 Å². The summed E-state index contributed by atoms with van der Waals surface area (Å²) in [4.78, 5) is 24.0. The van der Waals surface area contributed by atoms with E-state index in [0.717, 1.165) is 16.3 Å². The van der Waals surface area contributed by atoms with Crippen LogP contribution < -0.4 is 10.1 Å². The summed E-state index contributed by atoms with van der Waals surface area (Å²) in [5, 5.41) is 13.7. The molecule has 0 saturated heterocycles. The maximum atomic E-state index is 12.2. The topological polar surface area (TPSA) is 97.0 Å². The Morgan fingerprint density at radius 2 is 2.16 bits per heavy atom. The number of H-pyrrole nitrogens is 1. The van der Waals surface area contributed by atoms with Gasteiger partial charge in [0.05, 0.1) is 12.8 Å². The fourth-order valence-electron chi connectivity index (χ4n) is 2.21. The van der Waals surface area contributed by atoms with Gasteiger partial charge < -0.3 is 10.1 Å². The highest BCUT2D eigenvalue weighted by molar-refractivity contribution is 7.99. The fourth-order valence-corrected chi connectivity index (χ4v) is 2.85. The molecule has 1 amide bonds. The summed E-state index contributed by atoms with van der Waals surface area (Å²) in [7, 11) is 0. The summed E-state index contributed by atoms with van der Waals surface area (Å²) < 4.78 is 5.46. The van der Waals surface area contributed by atoms with E-state index in [0.29, 0.717) is 24.5 Å². The van der Waals surface area contributed by atoms with Gasteiger partial charge in [0.2, 0.25) is 5.91 Å². The van der Waals surface area contributed by atoms with E-state index in [4.69, 9.17) is 4.74 Å². The standard InChI is InChI=1S/C17H22N4O3S/c1-3-24-15-6-4-13(10-12(15)2)14(22)5-7-16(23)18-8-9-25-17-11-19-21-20-17/h4,6,10-11H,3,5,7-9H2,1-2H3,(H,18,23)(H,19,20,21). The summed E-state index contributed by atoms with van der Waals surface area (Å²) in [5.74, 6) is 1.31. The number of ketones is 1. The summed E-state index contributed by atoms with van der Waals surface area (Å²) in [6.07, 6.45) is 2.00. The molecular weight excluding hydrogens is 340 g/mol. The van der Waals surface area contributed by atoms with Crippen molar-refractivity contribution < 1.29 is 14.3 Å². The number of Topliss-reactive ketones (excluding diaryl/α,β-unsaturated/α-hetero) is 1. The van der Waals surface area contributed by atoms with Crippen LogP contribution in [-0.2, 0) is 4.79 Å². The van der Waals surface area contributed by atoms with Crippen LogP contribution in [0.3, 0.4) is 0 Å². The SMILES string of the molecule is CCOc1ccc(C(=O)CCC(=O)NCCSc2cn[nH]n2)cc1C. The van der Waals surface area contributed by atoms with E-state index in [1.54, 1.807) is 24.4 Å². The third kappa shape index (κ3) is 6.22. The first kappa shape index (κ1) is 19.0. The second kappa shape index (κ2) is 9.83. The Kier molecular flexibility index (Phi) is 7.46. The zero-order chi connectivity index (χ0) is 18.1. The third-order valence-corrected chi connectivity index (χ3v) is 4.34. The van der Waals surface area contributed by atoms with Crippen LogP contribution in [0.15, 0.2) is 29.4 Å². The highest BCUT2D eigenvalue weighted by Gasteiger charge is 2.11. The van der Waals surface area contributed by atoms with E-state index in [1.165, 1.54) is 11.8 Å². The maximum absolute atomic E-state index is 12.2. The van der Waals surface area contributed by atoms with Gasteiger partial charge >= 0.3 is 0 Å². The maximum Gasteiger partial charge on any atom is 0.220 e. The summed E-state index contributed by atoms with van der Waals surface area (Å²) in [6, 6.07) is 5.35. The van der Waals surface area contributed by atoms with Gasteiger partial charge in [-0.2, -0.15) is 10.3 Å². The van der Waals surface area contributed by atoms with Crippen molar-refractivity contribution in [2.24, 2.45) is 0 Å². The number of carbonyl (C=O) groups excluding carboxylic acids is 2. The molecule has 8 heteroatoms. The molecule has 0 unspecified atom stereocenters. The van der Waals surface area contributed by atoms with Crippen molar-refractivity contribution in [3.63, 3.8) is 0 Å². The molecule has 2 rings (SSSR count). The molecule has 0 atom stereocenters. The highest BCUT2D eigenvalue weighted by atomic mass is 32.2. The molecule has 0 aliphatic carbocycles. The van der Waals surface area contributed by atoms with Crippen LogP contribution in [0.4, 0.5) is 0 Å². The summed E-state index contributed by atoms with van der Waals surface area (Å²) in [5.41, 5.74) is 1.53. The van der Waals surface area contributed by atoms with E-state index >= 15 is 0 Å². The lowest BCUT2D eigenvalue weighted by molar-refractivity contribution is -0.120. The Morgan fingerprint density at radius 1 is 1.32 bits per heavy atom. The number of nitrogens with one attached hydrogen (secondary N) is 2. The Hall–Kier alpha value is -2.35. The van der Waals surface area contributed by atoms with Crippen molar-refractivity contribution in [2.75, 3.05) is 18.9 Å². The minimum absolute atomic E-state index is 0.0433.